The maximum atomic E-state index is 11.7. The Morgan fingerprint density at radius 1 is 1.37 bits per heavy atom. The Morgan fingerprint density at radius 3 is 2.74 bits per heavy atom. The zero-order valence-electron chi connectivity index (χ0n) is 9.57. The summed E-state index contributed by atoms with van der Waals surface area (Å²) < 4.78 is 5.33. The maximum Gasteiger partial charge on any atom is 0.356 e. The van der Waals surface area contributed by atoms with Crippen molar-refractivity contribution >= 4 is 40.6 Å². The highest BCUT2D eigenvalue weighted by atomic mass is 35.5. The monoisotopic (exact) mass is 300 g/mol. The predicted octanol–water partition coefficient (Wildman–Crippen LogP) is 1.04. The molecular weight excluding hydrogens is 292 g/mol. The van der Waals surface area contributed by atoms with Gasteiger partial charge in [0.2, 0.25) is 11.7 Å². The van der Waals surface area contributed by atoms with Gasteiger partial charge in [0.05, 0.1) is 9.21 Å². The second-order valence-corrected chi connectivity index (χ2v) is 5.31. The van der Waals surface area contributed by atoms with Crippen molar-refractivity contribution in [3.05, 3.63) is 33.1 Å². The summed E-state index contributed by atoms with van der Waals surface area (Å²) >= 11 is 6.82. The summed E-state index contributed by atoms with van der Waals surface area (Å²) in [5.41, 5.74) is 4.78. The molecule has 0 bridgehead atoms. The smallest absolute Gasteiger partial charge is 0.356 e. The molecule has 0 fully saturated rings. The molecule has 0 spiro atoms. The van der Waals surface area contributed by atoms with Gasteiger partial charge in [0, 0.05) is 6.42 Å². The van der Waals surface area contributed by atoms with E-state index in [9.17, 15) is 14.4 Å². The number of hydrazine groups is 1. The van der Waals surface area contributed by atoms with Crippen LogP contribution in [0, 0.1) is 0 Å². The molecule has 0 saturated carbocycles. The standard InChI is InChI=1S/C11H9ClN2O4S/c12-9-3-2-8(19-9)7(15)5-18-11(17)6-1-4-10(16)14-13-6/h1-3,13H,4-5H2,(H,14,16). The van der Waals surface area contributed by atoms with Crippen LogP contribution >= 0.6 is 22.9 Å². The lowest BCUT2D eigenvalue weighted by Crippen LogP contribution is -2.42. The van der Waals surface area contributed by atoms with Crippen molar-refractivity contribution in [2.24, 2.45) is 0 Å². The van der Waals surface area contributed by atoms with Crippen LogP contribution in [0.5, 0.6) is 0 Å². The van der Waals surface area contributed by atoms with Gasteiger partial charge in [-0.2, -0.15) is 0 Å². The number of nitrogens with one attached hydrogen (secondary N) is 2. The molecule has 8 heteroatoms. The first-order valence-electron chi connectivity index (χ1n) is 5.27. The topological polar surface area (TPSA) is 84.5 Å². The van der Waals surface area contributed by atoms with Gasteiger partial charge in [-0.25, -0.2) is 4.79 Å². The molecule has 19 heavy (non-hydrogen) atoms. The SMILES string of the molecule is O=C1CC=C(C(=O)OCC(=O)c2ccc(Cl)s2)NN1. The van der Waals surface area contributed by atoms with E-state index >= 15 is 0 Å². The van der Waals surface area contributed by atoms with Gasteiger partial charge in [0.1, 0.15) is 5.70 Å². The minimum Gasteiger partial charge on any atom is -0.453 e. The first-order chi connectivity index (χ1) is 9.06. The van der Waals surface area contributed by atoms with Gasteiger partial charge in [0.15, 0.2) is 6.61 Å². The lowest BCUT2D eigenvalue weighted by atomic mass is 10.3. The van der Waals surface area contributed by atoms with Crippen molar-refractivity contribution in [1.82, 2.24) is 10.9 Å². The van der Waals surface area contributed by atoms with Crippen LogP contribution in [0.15, 0.2) is 23.9 Å². The number of ether oxygens (including phenoxy) is 1. The second-order valence-electron chi connectivity index (χ2n) is 3.60. The minimum absolute atomic E-state index is 0.0892. The van der Waals surface area contributed by atoms with Crippen molar-refractivity contribution in [2.75, 3.05) is 6.61 Å². The average Bonchev–Trinajstić information content (AvgIpc) is 2.83. The van der Waals surface area contributed by atoms with E-state index in [4.69, 9.17) is 16.3 Å². The van der Waals surface area contributed by atoms with E-state index in [0.29, 0.717) is 9.21 Å². The van der Waals surface area contributed by atoms with Crippen LogP contribution in [-0.2, 0) is 14.3 Å². The molecule has 2 rings (SSSR count). The summed E-state index contributed by atoms with van der Waals surface area (Å²) in [7, 11) is 0. The van der Waals surface area contributed by atoms with Gasteiger partial charge in [-0.05, 0) is 18.2 Å². The third kappa shape index (κ3) is 3.55. The van der Waals surface area contributed by atoms with E-state index in [1.807, 2.05) is 0 Å². The van der Waals surface area contributed by atoms with Gasteiger partial charge >= 0.3 is 5.97 Å². The van der Waals surface area contributed by atoms with Gasteiger partial charge < -0.3 is 4.74 Å². The Balaban J connectivity index is 1.87. The average molecular weight is 301 g/mol. The van der Waals surface area contributed by atoms with Crippen molar-refractivity contribution < 1.29 is 19.1 Å². The third-order valence-electron chi connectivity index (χ3n) is 2.23. The highest BCUT2D eigenvalue weighted by Crippen LogP contribution is 2.21. The molecule has 0 atom stereocenters. The number of ketones is 1. The zero-order valence-corrected chi connectivity index (χ0v) is 11.1. The molecule has 0 unspecified atom stereocenters. The Morgan fingerprint density at radius 2 is 2.16 bits per heavy atom. The van der Waals surface area contributed by atoms with Crippen molar-refractivity contribution in [1.29, 1.82) is 0 Å². The molecule has 0 radical (unpaired) electrons. The van der Waals surface area contributed by atoms with Crippen LogP contribution in [-0.4, -0.2) is 24.3 Å². The number of esters is 1. The molecule has 1 amide bonds. The Kier molecular flexibility index (Phi) is 4.18. The summed E-state index contributed by atoms with van der Waals surface area (Å²) in [5, 5.41) is 0. The number of carbonyl (C=O) groups excluding carboxylic acids is 3. The molecule has 6 nitrogen and oxygen atoms in total. The Labute approximate surface area is 117 Å². The van der Waals surface area contributed by atoms with Crippen LogP contribution in [0.1, 0.15) is 16.1 Å². The number of halogens is 1. The number of thiophene rings is 1. The molecular formula is C11H9ClN2O4S. The largest absolute Gasteiger partial charge is 0.453 e. The van der Waals surface area contributed by atoms with Crippen molar-refractivity contribution in [2.45, 2.75) is 6.42 Å². The van der Waals surface area contributed by atoms with E-state index in [1.54, 1.807) is 12.1 Å². The number of hydrogen-bond donors (Lipinski definition) is 2. The second kappa shape index (κ2) is 5.85. The number of amides is 1. The minimum atomic E-state index is -0.698. The maximum absolute atomic E-state index is 11.7. The fourth-order valence-electron chi connectivity index (χ4n) is 1.31. The molecule has 0 saturated heterocycles. The summed E-state index contributed by atoms with van der Waals surface area (Å²) in [6, 6.07) is 3.17. The van der Waals surface area contributed by atoms with Gasteiger partial charge in [-0.1, -0.05) is 11.6 Å². The number of Topliss-reactive ketones (excluding diaryl/α,β-unsaturated/α-hetero) is 1. The molecule has 0 aromatic carbocycles. The molecule has 0 aliphatic carbocycles. The zero-order chi connectivity index (χ0) is 13.8. The van der Waals surface area contributed by atoms with Gasteiger partial charge in [-0.15, -0.1) is 11.3 Å². The van der Waals surface area contributed by atoms with E-state index in [0.717, 1.165) is 11.3 Å². The highest BCUT2D eigenvalue weighted by molar-refractivity contribution is 7.18. The van der Waals surface area contributed by atoms with E-state index in [2.05, 4.69) is 10.9 Å². The fraction of sp³-hybridized carbons (Fsp3) is 0.182. The molecule has 1 aliphatic heterocycles. The van der Waals surface area contributed by atoms with E-state index in [-0.39, 0.29) is 30.4 Å². The Hall–Kier alpha value is -1.86. The number of rotatable bonds is 4. The molecule has 100 valence electrons. The van der Waals surface area contributed by atoms with Crippen LogP contribution in [0.25, 0.3) is 0 Å². The molecule has 1 aromatic rings. The summed E-state index contributed by atoms with van der Waals surface area (Å²) in [4.78, 5) is 34.5. The third-order valence-corrected chi connectivity index (χ3v) is 3.50. The normalized spacial score (nSPS) is 14.2. The first kappa shape index (κ1) is 13.6. The van der Waals surface area contributed by atoms with Crippen molar-refractivity contribution in [3.63, 3.8) is 0 Å². The van der Waals surface area contributed by atoms with Crippen LogP contribution in [0.3, 0.4) is 0 Å². The van der Waals surface area contributed by atoms with Crippen molar-refractivity contribution in [3.8, 4) is 0 Å². The summed E-state index contributed by atoms with van der Waals surface area (Å²) in [6.07, 6.45) is 1.49. The molecule has 2 N–H and O–H groups in total. The van der Waals surface area contributed by atoms with Gasteiger partial charge in [-0.3, -0.25) is 20.4 Å². The van der Waals surface area contributed by atoms with E-state index in [1.165, 1.54) is 6.08 Å². The van der Waals surface area contributed by atoms with Gasteiger partial charge in [0.25, 0.3) is 0 Å². The lowest BCUT2D eigenvalue weighted by Gasteiger charge is -2.14. The molecule has 1 aliphatic rings. The number of hydrogen-bond acceptors (Lipinski definition) is 6. The molecule has 1 aromatic heterocycles. The molecule has 2 heterocycles. The van der Waals surface area contributed by atoms with E-state index < -0.39 is 5.97 Å². The summed E-state index contributed by atoms with van der Waals surface area (Å²) in [5.74, 6) is -1.28. The van der Waals surface area contributed by atoms with Crippen LogP contribution in [0.2, 0.25) is 4.34 Å². The first-order valence-corrected chi connectivity index (χ1v) is 6.46. The quantitative estimate of drug-likeness (QED) is 0.641. The fourth-order valence-corrected chi connectivity index (χ4v) is 2.28. The van der Waals surface area contributed by atoms with Crippen LogP contribution < -0.4 is 10.9 Å². The summed E-state index contributed by atoms with van der Waals surface area (Å²) in [6.45, 7) is -0.372. The Bertz CT molecular complexity index is 567. The highest BCUT2D eigenvalue weighted by Gasteiger charge is 2.18. The predicted molar refractivity (Wildman–Crippen MR) is 68.6 cm³/mol. The van der Waals surface area contributed by atoms with Crippen LogP contribution in [0.4, 0.5) is 0 Å². The lowest BCUT2D eigenvalue weighted by molar-refractivity contribution is -0.138. The number of carbonyl (C=O) groups is 3.